The van der Waals surface area contributed by atoms with Gasteiger partial charge in [-0.25, -0.2) is 0 Å². The van der Waals surface area contributed by atoms with Crippen molar-refractivity contribution in [2.24, 2.45) is 0 Å². The second kappa shape index (κ2) is 11.2. The molecule has 0 aromatic heterocycles. The second-order valence-corrected chi connectivity index (χ2v) is 6.51. The zero-order chi connectivity index (χ0) is 19.5. The highest BCUT2D eigenvalue weighted by Gasteiger charge is 2.22. The summed E-state index contributed by atoms with van der Waals surface area (Å²) >= 11 is 0. The lowest BCUT2D eigenvalue weighted by Crippen LogP contribution is -2.35. The molecule has 2 aromatic carbocycles. The van der Waals surface area contributed by atoms with E-state index in [2.05, 4.69) is 24.3 Å². The maximum atomic E-state index is 13.0. The fraction of sp³-hybridized carbons (Fsp3) is 0.391. The molecule has 1 amide bonds. The Morgan fingerprint density at radius 1 is 0.889 bits per heavy atom. The molecular weight excluding hydrogens is 338 g/mol. The van der Waals surface area contributed by atoms with Crippen LogP contribution in [0.3, 0.4) is 0 Å². The van der Waals surface area contributed by atoms with Crippen LogP contribution in [0.15, 0.2) is 60.7 Å². The summed E-state index contributed by atoms with van der Waals surface area (Å²) in [5, 5.41) is 0. The van der Waals surface area contributed by atoms with Gasteiger partial charge in [-0.1, -0.05) is 67.6 Å². The highest BCUT2D eigenvalue weighted by atomic mass is 16.5. The second-order valence-electron chi connectivity index (χ2n) is 6.51. The lowest BCUT2D eigenvalue weighted by molar-refractivity contribution is -0.144. The minimum Gasteiger partial charge on any atom is -0.466 e. The van der Waals surface area contributed by atoms with Gasteiger partial charge >= 0.3 is 5.97 Å². The molecule has 0 spiro atoms. The number of rotatable bonds is 10. The Bertz CT molecular complexity index is 661. The molecule has 144 valence electrons. The molecule has 0 atom stereocenters. The zero-order valence-electron chi connectivity index (χ0n) is 16.3. The summed E-state index contributed by atoms with van der Waals surface area (Å²) in [5.74, 6) is -0.185. The van der Waals surface area contributed by atoms with Crippen LogP contribution in [0.25, 0.3) is 0 Å². The Hall–Kier alpha value is -2.62. The number of ether oxygens (including phenoxy) is 1. The zero-order valence-corrected chi connectivity index (χ0v) is 16.3. The third-order valence-electron chi connectivity index (χ3n) is 4.52. The first-order valence-corrected chi connectivity index (χ1v) is 9.69. The molecule has 4 heteroatoms. The van der Waals surface area contributed by atoms with Crippen molar-refractivity contribution in [3.63, 3.8) is 0 Å². The van der Waals surface area contributed by atoms with E-state index in [1.54, 1.807) is 11.8 Å². The Balaban J connectivity index is 2.14. The number of carbonyl (C=O) groups is 2. The Morgan fingerprint density at radius 2 is 1.44 bits per heavy atom. The number of benzene rings is 2. The Kier molecular flexibility index (Phi) is 8.56. The van der Waals surface area contributed by atoms with Crippen molar-refractivity contribution in [1.82, 2.24) is 4.90 Å². The lowest BCUT2D eigenvalue weighted by atomic mass is 9.88. The van der Waals surface area contributed by atoms with Gasteiger partial charge in [0.05, 0.1) is 13.0 Å². The van der Waals surface area contributed by atoms with Gasteiger partial charge in [0.15, 0.2) is 0 Å². The fourth-order valence-corrected chi connectivity index (χ4v) is 3.19. The topological polar surface area (TPSA) is 46.6 Å². The monoisotopic (exact) mass is 367 g/mol. The molecule has 0 fully saturated rings. The highest BCUT2D eigenvalue weighted by Crippen LogP contribution is 2.28. The van der Waals surface area contributed by atoms with E-state index in [1.165, 1.54) is 0 Å². The third-order valence-corrected chi connectivity index (χ3v) is 4.52. The molecule has 0 bridgehead atoms. The largest absolute Gasteiger partial charge is 0.466 e. The first-order chi connectivity index (χ1) is 13.2. The highest BCUT2D eigenvalue weighted by molar-refractivity contribution is 5.78. The molecule has 0 saturated heterocycles. The van der Waals surface area contributed by atoms with Crippen molar-refractivity contribution >= 4 is 11.9 Å². The predicted octanol–water partition coefficient (Wildman–Crippen LogP) is 4.40. The van der Waals surface area contributed by atoms with E-state index < -0.39 is 0 Å². The molecule has 2 rings (SSSR count). The summed E-state index contributed by atoms with van der Waals surface area (Å²) in [6.45, 7) is 5.24. The van der Waals surface area contributed by atoms with Gasteiger partial charge in [-0.2, -0.15) is 0 Å². The number of amides is 1. The third kappa shape index (κ3) is 6.55. The molecule has 2 aromatic rings. The van der Waals surface area contributed by atoms with Gasteiger partial charge < -0.3 is 9.64 Å². The first-order valence-electron chi connectivity index (χ1n) is 9.69. The molecular formula is C23H29NO3. The average Bonchev–Trinajstić information content (AvgIpc) is 2.70. The molecule has 0 aliphatic rings. The first kappa shape index (κ1) is 20.7. The predicted molar refractivity (Wildman–Crippen MR) is 107 cm³/mol. The van der Waals surface area contributed by atoms with Crippen molar-refractivity contribution in [2.45, 2.75) is 39.0 Å². The van der Waals surface area contributed by atoms with Gasteiger partial charge in [0.2, 0.25) is 5.91 Å². The van der Waals surface area contributed by atoms with Crippen LogP contribution in [-0.2, 0) is 14.3 Å². The minimum atomic E-state index is -0.255. The van der Waals surface area contributed by atoms with E-state index in [1.807, 2.05) is 43.3 Å². The molecule has 0 unspecified atom stereocenters. The van der Waals surface area contributed by atoms with E-state index in [-0.39, 0.29) is 24.2 Å². The summed E-state index contributed by atoms with van der Waals surface area (Å²) in [4.78, 5) is 26.5. The number of hydrogen-bond acceptors (Lipinski definition) is 3. The maximum absolute atomic E-state index is 13.0. The molecule has 0 aliphatic heterocycles. The van der Waals surface area contributed by atoms with Crippen LogP contribution in [0.4, 0.5) is 0 Å². The van der Waals surface area contributed by atoms with Gasteiger partial charge in [-0.05, 0) is 24.5 Å². The molecule has 4 nitrogen and oxygen atoms in total. The smallest absolute Gasteiger partial charge is 0.307 e. The maximum Gasteiger partial charge on any atom is 0.307 e. The molecule has 0 N–H and O–H groups in total. The number of carbonyl (C=O) groups excluding carboxylic acids is 2. The molecule has 27 heavy (non-hydrogen) atoms. The standard InChI is InChI=1S/C23H29NO3/c1-3-16-24(17-15-23(26)27-4-2)22(25)18-21(19-11-7-5-8-12-19)20-13-9-6-10-14-20/h5-14,21H,3-4,15-18H2,1-2H3. The van der Waals surface area contributed by atoms with Gasteiger partial charge in [0.1, 0.15) is 0 Å². The quantitative estimate of drug-likeness (QED) is 0.585. The van der Waals surface area contributed by atoms with E-state index in [9.17, 15) is 9.59 Å². The van der Waals surface area contributed by atoms with Crippen LogP contribution in [-0.4, -0.2) is 36.5 Å². The van der Waals surface area contributed by atoms with Gasteiger partial charge in [-0.3, -0.25) is 9.59 Å². The summed E-state index contributed by atoms with van der Waals surface area (Å²) in [6.07, 6.45) is 1.48. The number of nitrogens with zero attached hydrogens (tertiary/aromatic N) is 1. The summed E-state index contributed by atoms with van der Waals surface area (Å²) < 4.78 is 4.99. The molecule has 0 heterocycles. The van der Waals surface area contributed by atoms with Crippen LogP contribution in [0.5, 0.6) is 0 Å². The summed E-state index contributed by atoms with van der Waals surface area (Å²) in [5.41, 5.74) is 2.25. The van der Waals surface area contributed by atoms with E-state index in [4.69, 9.17) is 4.74 Å². The van der Waals surface area contributed by atoms with Crippen LogP contribution in [0, 0.1) is 0 Å². The number of esters is 1. The fourth-order valence-electron chi connectivity index (χ4n) is 3.19. The SMILES string of the molecule is CCCN(CCC(=O)OCC)C(=O)CC(c1ccccc1)c1ccccc1. The molecule has 0 saturated carbocycles. The summed E-state index contributed by atoms with van der Waals surface area (Å²) in [7, 11) is 0. The van der Waals surface area contributed by atoms with Crippen molar-refractivity contribution in [1.29, 1.82) is 0 Å². The average molecular weight is 367 g/mol. The van der Waals surface area contributed by atoms with Crippen LogP contribution in [0.2, 0.25) is 0 Å². The minimum absolute atomic E-state index is 0.00171. The van der Waals surface area contributed by atoms with E-state index in [0.717, 1.165) is 17.5 Å². The lowest BCUT2D eigenvalue weighted by Gasteiger charge is -2.25. The molecule has 0 aliphatic carbocycles. The van der Waals surface area contributed by atoms with Crippen molar-refractivity contribution in [3.8, 4) is 0 Å². The van der Waals surface area contributed by atoms with Crippen LogP contribution >= 0.6 is 0 Å². The van der Waals surface area contributed by atoms with Gasteiger partial charge in [0, 0.05) is 25.4 Å². The van der Waals surface area contributed by atoms with E-state index >= 15 is 0 Å². The Morgan fingerprint density at radius 3 is 1.93 bits per heavy atom. The Labute approximate surface area is 162 Å². The van der Waals surface area contributed by atoms with Crippen molar-refractivity contribution in [3.05, 3.63) is 71.8 Å². The van der Waals surface area contributed by atoms with E-state index in [0.29, 0.717) is 26.1 Å². The normalized spacial score (nSPS) is 10.6. The van der Waals surface area contributed by atoms with Gasteiger partial charge in [0.25, 0.3) is 0 Å². The van der Waals surface area contributed by atoms with Crippen molar-refractivity contribution < 1.29 is 14.3 Å². The van der Waals surface area contributed by atoms with Crippen LogP contribution in [0.1, 0.15) is 50.2 Å². The molecule has 0 radical (unpaired) electrons. The van der Waals surface area contributed by atoms with Crippen molar-refractivity contribution in [2.75, 3.05) is 19.7 Å². The summed E-state index contributed by atoms with van der Waals surface area (Å²) in [6, 6.07) is 20.2. The van der Waals surface area contributed by atoms with Gasteiger partial charge in [-0.15, -0.1) is 0 Å². The van der Waals surface area contributed by atoms with Crippen LogP contribution < -0.4 is 0 Å². The number of hydrogen-bond donors (Lipinski definition) is 0.